The molecule has 8 heteroatoms. The Morgan fingerprint density at radius 1 is 1.06 bits per heavy atom. The molecule has 0 unspecified atom stereocenters. The van der Waals surface area contributed by atoms with Gasteiger partial charge in [-0.15, -0.1) is 11.3 Å². The molecule has 1 amide bonds. The average molecular weight is 485 g/mol. The number of rotatable bonds is 7. The van der Waals surface area contributed by atoms with Gasteiger partial charge in [-0.3, -0.25) is 4.79 Å². The molecule has 3 aromatic rings. The highest BCUT2D eigenvalue weighted by molar-refractivity contribution is 7.89. The van der Waals surface area contributed by atoms with Gasteiger partial charge in [0.1, 0.15) is 5.75 Å². The second kappa shape index (κ2) is 10.1. The van der Waals surface area contributed by atoms with Crippen LogP contribution in [0.2, 0.25) is 0 Å². The first-order valence-electron chi connectivity index (χ1n) is 11.1. The van der Waals surface area contributed by atoms with Crippen molar-refractivity contribution in [3.05, 3.63) is 64.4 Å². The number of carbonyl (C=O) groups excluding carboxylic acids is 1. The van der Waals surface area contributed by atoms with E-state index in [1.807, 2.05) is 49.6 Å². The highest BCUT2D eigenvalue weighted by atomic mass is 32.2. The van der Waals surface area contributed by atoms with Crippen molar-refractivity contribution >= 4 is 33.0 Å². The lowest BCUT2D eigenvalue weighted by Gasteiger charge is -2.26. The topological polar surface area (TPSA) is 75.7 Å². The van der Waals surface area contributed by atoms with Crippen LogP contribution >= 0.6 is 11.3 Å². The SMILES string of the molecule is CCOc1ccc(S(=O)(=O)N2CCCCC2)cc1NC(=O)c1sccc1-c1ccc(C)cc1. The maximum atomic E-state index is 13.2. The lowest BCUT2D eigenvalue weighted by Crippen LogP contribution is -2.35. The molecule has 4 rings (SSSR count). The zero-order valence-electron chi connectivity index (χ0n) is 18.8. The van der Waals surface area contributed by atoms with Crippen LogP contribution < -0.4 is 10.1 Å². The van der Waals surface area contributed by atoms with E-state index in [0.29, 0.717) is 36.0 Å². The van der Waals surface area contributed by atoms with E-state index in [9.17, 15) is 13.2 Å². The maximum Gasteiger partial charge on any atom is 0.266 e. The second-order valence-electron chi connectivity index (χ2n) is 8.04. The minimum absolute atomic E-state index is 0.160. The van der Waals surface area contributed by atoms with Crippen LogP contribution in [-0.2, 0) is 10.0 Å². The molecule has 0 saturated carbocycles. The summed E-state index contributed by atoms with van der Waals surface area (Å²) in [5.41, 5.74) is 3.29. The summed E-state index contributed by atoms with van der Waals surface area (Å²) in [6.07, 6.45) is 2.76. The number of nitrogens with zero attached hydrogens (tertiary/aromatic N) is 1. The molecular weight excluding hydrogens is 456 g/mol. The molecule has 1 aromatic heterocycles. The Morgan fingerprint density at radius 3 is 2.48 bits per heavy atom. The minimum atomic E-state index is -3.63. The number of hydrogen-bond donors (Lipinski definition) is 1. The number of hydrogen-bond acceptors (Lipinski definition) is 5. The first kappa shape index (κ1) is 23.5. The molecule has 33 heavy (non-hydrogen) atoms. The number of thiophene rings is 1. The predicted octanol–water partition coefficient (Wildman–Crippen LogP) is 5.55. The number of amides is 1. The van der Waals surface area contributed by atoms with Crippen LogP contribution in [0.5, 0.6) is 5.75 Å². The number of sulfonamides is 1. The van der Waals surface area contributed by atoms with Crippen LogP contribution in [-0.4, -0.2) is 38.3 Å². The fourth-order valence-electron chi connectivity index (χ4n) is 3.93. The number of aryl methyl sites for hydroxylation is 1. The maximum absolute atomic E-state index is 13.2. The molecule has 0 spiro atoms. The lowest BCUT2D eigenvalue weighted by molar-refractivity contribution is 0.103. The Bertz CT molecular complexity index is 1230. The third-order valence-corrected chi connectivity index (χ3v) is 8.49. The van der Waals surface area contributed by atoms with Gasteiger partial charge in [-0.2, -0.15) is 4.31 Å². The molecule has 2 heterocycles. The van der Waals surface area contributed by atoms with Crippen molar-refractivity contribution in [2.24, 2.45) is 0 Å². The van der Waals surface area contributed by atoms with Crippen molar-refractivity contribution in [2.75, 3.05) is 25.0 Å². The van der Waals surface area contributed by atoms with Crippen LogP contribution in [0.4, 0.5) is 5.69 Å². The van der Waals surface area contributed by atoms with Gasteiger partial charge in [0.05, 0.1) is 22.1 Å². The fourth-order valence-corrected chi connectivity index (χ4v) is 6.28. The van der Waals surface area contributed by atoms with Gasteiger partial charge in [0.25, 0.3) is 5.91 Å². The van der Waals surface area contributed by atoms with Crippen molar-refractivity contribution in [1.29, 1.82) is 0 Å². The summed E-state index contributed by atoms with van der Waals surface area (Å²) in [6.45, 7) is 5.30. The van der Waals surface area contributed by atoms with Crippen LogP contribution in [0.3, 0.4) is 0 Å². The number of anilines is 1. The largest absolute Gasteiger partial charge is 0.492 e. The molecule has 1 aliphatic rings. The third kappa shape index (κ3) is 5.13. The fraction of sp³-hybridized carbons (Fsp3) is 0.320. The van der Waals surface area contributed by atoms with Gasteiger partial charge in [0.2, 0.25) is 10.0 Å². The van der Waals surface area contributed by atoms with Crippen molar-refractivity contribution in [2.45, 2.75) is 38.0 Å². The number of carbonyl (C=O) groups is 1. The molecule has 6 nitrogen and oxygen atoms in total. The number of piperidine rings is 1. The quantitative estimate of drug-likeness (QED) is 0.477. The van der Waals surface area contributed by atoms with E-state index in [1.165, 1.54) is 21.7 Å². The Labute approximate surface area is 199 Å². The summed E-state index contributed by atoms with van der Waals surface area (Å²) in [4.78, 5) is 14.0. The van der Waals surface area contributed by atoms with E-state index in [2.05, 4.69) is 5.32 Å². The molecule has 0 atom stereocenters. The molecule has 1 fully saturated rings. The second-order valence-corrected chi connectivity index (χ2v) is 10.9. The molecule has 1 aliphatic heterocycles. The predicted molar refractivity (Wildman–Crippen MR) is 133 cm³/mol. The normalized spacial score (nSPS) is 14.7. The van der Waals surface area contributed by atoms with Gasteiger partial charge < -0.3 is 10.1 Å². The summed E-state index contributed by atoms with van der Waals surface area (Å²) in [7, 11) is -3.63. The highest BCUT2D eigenvalue weighted by Crippen LogP contribution is 2.33. The van der Waals surface area contributed by atoms with Crippen molar-refractivity contribution < 1.29 is 17.9 Å². The van der Waals surface area contributed by atoms with Gasteiger partial charge in [0, 0.05) is 18.7 Å². The summed E-state index contributed by atoms with van der Waals surface area (Å²) in [6, 6.07) is 14.6. The number of nitrogens with one attached hydrogen (secondary N) is 1. The van der Waals surface area contributed by atoms with Gasteiger partial charge in [-0.25, -0.2) is 8.42 Å². The van der Waals surface area contributed by atoms with Gasteiger partial charge in [-0.1, -0.05) is 36.2 Å². The molecule has 0 aliphatic carbocycles. The van der Waals surface area contributed by atoms with Crippen molar-refractivity contribution in [1.82, 2.24) is 4.31 Å². The number of ether oxygens (including phenoxy) is 1. The highest BCUT2D eigenvalue weighted by Gasteiger charge is 2.27. The van der Waals surface area contributed by atoms with Crippen molar-refractivity contribution in [3.63, 3.8) is 0 Å². The summed E-state index contributed by atoms with van der Waals surface area (Å²) >= 11 is 1.35. The first-order chi connectivity index (χ1) is 15.9. The van der Waals surface area contributed by atoms with E-state index in [4.69, 9.17) is 4.74 Å². The monoisotopic (exact) mass is 484 g/mol. The third-order valence-electron chi connectivity index (χ3n) is 5.69. The van der Waals surface area contributed by atoms with Crippen molar-refractivity contribution in [3.8, 4) is 16.9 Å². The van der Waals surface area contributed by atoms with Gasteiger partial charge in [-0.05, 0) is 61.9 Å². The molecule has 0 bridgehead atoms. The van der Waals surface area contributed by atoms with E-state index in [1.54, 1.807) is 12.1 Å². The smallest absolute Gasteiger partial charge is 0.266 e. The standard InChI is InChI=1S/C25H28N2O4S2/c1-3-31-23-12-11-20(33(29,30)27-14-5-4-6-15-27)17-22(23)26-25(28)24-21(13-16-32-24)19-9-7-18(2)8-10-19/h7-13,16-17H,3-6,14-15H2,1-2H3,(H,26,28). The average Bonchev–Trinajstić information content (AvgIpc) is 3.31. The van der Waals surface area contributed by atoms with Crippen LogP contribution in [0.25, 0.3) is 11.1 Å². The van der Waals surface area contributed by atoms with Crippen LogP contribution in [0.15, 0.2) is 58.8 Å². The molecule has 174 valence electrons. The van der Waals surface area contributed by atoms with Crippen LogP contribution in [0, 0.1) is 6.92 Å². The van der Waals surface area contributed by atoms with E-state index >= 15 is 0 Å². The molecule has 1 saturated heterocycles. The number of benzene rings is 2. The van der Waals surface area contributed by atoms with E-state index in [-0.39, 0.29) is 10.8 Å². The van der Waals surface area contributed by atoms with E-state index < -0.39 is 10.0 Å². The Hall–Kier alpha value is -2.68. The zero-order valence-corrected chi connectivity index (χ0v) is 20.5. The molecular formula is C25H28N2O4S2. The Balaban J connectivity index is 1.65. The first-order valence-corrected chi connectivity index (χ1v) is 13.4. The molecule has 2 aromatic carbocycles. The lowest BCUT2D eigenvalue weighted by atomic mass is 10.0. The molecule has 0 radical (unpaired) electrons. The van der Waals surface area contributed by atoms with Crippen LogP contribution in [0.1, 0.15) is 41.4 Å². The Morgan fingerprint density at radius 2 is 1.79 bits per heavy atom. The van der Waals surface area contributed by atoms with Gasteiger partial charge >= 0.3 is 0 Å². The minimum Gasteiger partial charge on any atom is -0.492 e. The zero-order chi connectivity index (χ0) is 23.4. The summed E-state index contributed by atoms with van der Waals surface area (Å²) in [5, 5.41) is 4.78. The summed E-state index contributed by atoms with van der Waals surface area (Å²) in [5.74, 6) is 0.144. The van der Waals surface area contributed by atoms with E-state index in [0.717, 1.165) is 36.0 Å². The summed E-state index contributed by atoms with van der Waals surface area (Å²) < 4.78 is 33.5. The Kier molecular flexibility index (Phi) is 7.17. The molecule has 1 N–H and O–H groups in total. The van der Waals surface area contributed by atoms with Gasteiger partial charge in [0.15, 0.2) is 0 Å².